The molecule has 0 fully saturated rings. The normalized spacial score (nSPS) is 11.6. The smallest absolute Gasteiger partial charge is 0.398 e. The van der Waals surface area contributed by atoms with Gasteiger partial charge in [-0.1, -0.05) is 0 Å². The van der Waals surface area contributed by atoms with Gasteiger partial charge >= 0.3 is 6.18 Å². The van der Waals surface area contributed by atoms with Crippen molar-refractivity contribution in [2.75, 3.05) is 5.73 Å². The summed E-state index contributed by atoms with van der Waals surface area (Å²) in [5.74, 6) is 0. The molecule has 0 saturated heterocycles. The molecule has 0 atom stereocenters. The SMILES string of the molecule is N#Cc1cc(N)c(C(F)(F)F)c(C(F)F)n1. The van der Waals surface area contributed by atoms with Gasteiger partial charge in [0.15, 0.2) is 0 Å². The van der Waals surface area contributed by atoms with Crippen molar-refractivity contribution in [1.29, 1.82) is 5.26 Å². The van der Waals surface area contributed by atoms with Crippen molar-refractivity contribution >= 4 is 5.69 Å². The second-order valence-electron chi connectivity index (χ2n) is 2.77. The summed E-state index contributed by atoms with van der Waals surface area (Å²) < 4.78 is 61.8. The number of nitriles is 1. The summed E-state index contributed by atoms with van der Waals surface area (Å²) in [6, 6.07) is 1.96. The Bertz CT molecular complexity index is 446. The molecular formula is C8H4F5N3. The van der Waals surface area contributed by atoms with E-state index in [4.69, 9.17) is 11.0 Å². The van der Waals surface area contributed by atoms with Gasteiger partial charge < -0.3 is 5.73 Å². The van der Waals surface area contributed by atoms with Gasteiger partial charge in [0.05, 0.1) is 0 Å². The van der Waals surface area contributed by atoms with Crippen LogP contribution in [-0.2, 0) is 6.18 Å². The molecule has 0 spiro atoms. The first-order chi connectivity index (χ1) is 7.27. The van der Waals surface area contributed by atoms with Crippen molar-refractivity contribution in [3.63, 3.8) is 0 Å². The molecule has 2 N–H and O–H groups in total. The highest BCUT2D eigenvalue weighted by Gasteiger charge is 2.39. The number of hydrogen-bond acceptors (Lipinski definition) is 3. The van der Waals surface area contributed by atoms with Crippen LogP contribution < -0.4 is 5.73 Å². The molecule has 0 aromatic carbocycles. The van der Waals surface area contributed by atoms with Crippen LogP contribution in [0, 0.1) is 11.3 Å². The molecule has 0 aliphatic heterocycles. The lowest BCUT2D eigenvalue weighted by atomic mass is 10.1. The maximum absolute atomic E-state index is 12.4. The van der Waals surface area contributed by atoms with E-state index in [1.807, 2.05) is 0 Å². The number of rotatable bonds is 1. The average molecular weight is 237 g/mol. The molecule has 1 aromatic rings. The highest BCUT2D eigenvalue weighted by atomic mass is 19.4. The Morgan fingerprint density at radius 3 is 2.31 bits per heavy atom. The second-order valence-corrected chi connectivity index (χ2v) is 2.77. The lowest BCUT2D eigenvalue weighted by molar-refractivity contribution is -0.139. The molecule has 0 radical (unpaired) electrons. The zero-order valence-electron chi connectivity index (χ0n) is 7.52. The van der Waals surface area contributed by atoms with Gasteiger partial charge in [-0.05, 0) is 6.07 Å². The minimum atomic E-state index is -5.03. The van der Waals surface area contributed by atoms with Gasteiger partial charge in [-0.2, -0.15) is 18.4 Å². The van der Waals surface area contributed by atoms with Crippen LogP contribution in [0.2, 0.25) is 0 Å². The summed E-state index contributed by atoms with van der Waals surface area (Å²) in [4.78, 5) is 2.91. The van der Waals surface area contributed by atoms with Crippen LogP contribution in [0.5, 0.6) is 0 Å². The Labute approximate surface area is 86.3 Å². The van der Waals surface area contributed by atoms with E-state index < -0.39 is 35.2 Å². The number of nitrogen functional groups attached to an aromatic ring is 1. The maximum atomic E-state index is 12.4. The van der Waals surface area contributed by atoms with Gasteiger partial charge in [0.2, 0.25) is 0 Å². The number of aromatic nitrogens is 1. The number of nitrogens with zero attached hydrogens (tertiary/aromatic N) is 2. The van der Waals surface area contributed by atoms with Gasteiger partial charge in [-0.25, -0.2) is 13.8 Å². The van der Waals surface area contributed by atoms with Crippen molar-refractivity contribution in [1.82, 2.24) is 4.98 Å². The molecule has 86 valence electrons. The summed E-state index contributed by atoms with van der Waals surface area (Å²) in [5.41, 5.74) is 0.242. The predicted octanol–water partition coefficient (Wildman–Crippen LogP) is 2.49. The predicted molar refractivity (Wildman–Crippen MR) is 43.3 cm³/mol. The first-order valence-corrected chi connectivity index (χ1v) is 3.83. The van der Waals surface area contributed by atoms with E-state index in [1.165, 1.54) is 6.07 Å². The highest BCUT2D eigenvalue weighted by molar-refractivity contribution is 5.53. The van der Waals surface area contributed by atoms with Crippen LogP contribution in [0.4, 0.5) is 27.6 Å². The first-order valence-electron chi connectivity index (χ1n) is 3.83. The van der Waals surface area contributed by atoms with Gasteiger partial charge in [0.1, 0.15) is 23.0 Å². The molecule has 1 aromatic heterocycles. The fourth-order valence-electron chi connectivity index (χ4n) is 1.11. The summed E-state index contributed by atoms with van der Waals surface area (Å²) in [6.07, 6.45) is -8.48. The molecular weight excluding hydrogens is 233 g/mol. The number of halogens is 5. The Morgan fingerprint density at radius 2 is 1.94 bits per heavy atom. The Hall–Kier alpha value is -1.91. The van der Waals surface area contributed by atoms with E-state index in [0.717, 1.165) is 0 Å². The van der Waals surface area contributed by atoms with E-state index in [0.29, 0.717) is 6.07 Å². The van der Waals surface area contributed by atoms with Gasteiger partial charge in [-0.15, -0.1) is 0 Å². The fraction of sp³-hybridized carbons (Fsp3) is 0.250. The standard InChI is InChI=1S/C8H4F5N3/c9-7(10)6-5(8(11,12)13)4(15)1-3(2-14)16-6/h1,7H,(H2,15,16). The van der Waals surface area contributed by atoms with E-state index in [-0.39, 0.29) is 0 Å². The molecule has 3 nitrogen and oxygen atoms in total. The molecule has 0 aliphatic rings. The Balaban J connectivity index is 3.54. The molecule has 0 bridgehead atoms. The first kappa shape index (κ1) is 12.2. The monoisotopic (exact) mass is 237 g/mol. The van der Waals surface area contributed by atoms with Crippen molar-refractivity contribution in [2.24, 2.45) is 0 Å². The minimum absolute atomic E-state index is 0.583. The van der Waals surface area contributed by atoms with E-state index >= 15 is 0 Å². The van der Waals surface area contributed by atoms with Crippen molar-refractivity contribution in [2.45, 2.75) is 12.6 Å². The molecule has 0 amide bonds. The summed E-state index contributed by atoms with van der Waals surface area (Å²) in [6.45, 7) is 0. The number of nitrogens with two attached hydrogens (primary N) is 1. The molecule has 16 heavy (non-hydrogen) atoms. The summed E-state index contributed by atoms with van der Waals surface area (Å²) in [5, 5.41) is 8.37. The van der Waals surface area contributed by atoms with Crippen molar-refractivity contribution in [3.05, 3.63) is 23.0 Å². The van der Waals surface area contributed by atoms with E-state index in [2.05, 4.69) is 4.98 Å². The highest BCUT2D eigenvalue weighted by Crippen LogP contribution is 2.39. The zero-order chi connectivity index (χ0) is 12.5. The Morgan fingerprint density at radius 1 is 1.38 bits per heavy atom. The largest absolute Gasteiger partial charge is 0.420 e. The number of pyridine rings is 1. The zero-order valence-corrected chi connectivity index (χ0v) is 7.52. The number of alkyl halides is 5. The van der Waals surface area contributed by atoms with Crippen LogP contribution >= 0.6 is 0 Å². The average Bonchev–Trinajstić information content (AvgIpc) is 2.14. The topological polar surface area (TPSA) is 62.7 Å². The van der Waals surface area contributed by atoms with Crippen LogP contribution in [0.25, 0.3) is 0 Å². The number of anilines is 1. The maximum Gasteiger partial charge on any atom is 0.420 e. The van der Waals surface area contributed by atoms with Crippen LogP contribution in [-0.4, -0.2) is 4.98 Å². The number of hydrogen-bond donors (Lipinski definition) is 1. The lowest BCUT2D eigenvalue weighted by Gasteiger charge is -2.14. The van der Waals surface area contributed by atoms with Crippen LogP contribution in [0.15, 0.2) is 6.07 Å². The quantitative estimate of drug-likeness (QED) is 0.763. The molecule has 1 heterocycles. The third-order valence-corrected chi connectivity index (χ3v) is 1.68. The van der Waals surface area contributed by atoms with Gasteiger partial charge in [-0.3, -0.25) is 0 Å². The lowest BCUT2D eigenvalue weighted by Crippen LogP contribution is -2.15. The third kappa shape index (κ3) is 2.18. The fourth-order valence-corrected chi connectivity index (χ4v) is 1.11. The van der Waals surface area contributed by atoms with Crippen LogP contribution in [0.1, 0.15) is 23.4 Å². The van der Waals surface area contributed by atoms with Crippen molar-refractivity contribution < 1.29 is 22.0 Å². The third-order valence-electron chi connectivity index (χ3n) is 1.68. The summed E-state index contributed by atoms with van der Waals surface area (Å²) in [7, 11) is 0. The Kier molecular flexibility index (Phi) is 2.98. The van der Waals surface area contributed by atoms with E-state index in [9.17, 15) is 22.0 Å². The van der Waals surface area contributed by atoms with E-state index in [1.54, 1.807) is 0 Å². The van der Waals surface area contributed by atoms with Gasteiger partial charge in [0, 0.05) is 5.69 Å². The summed E-state index contributed by atoms with van der Waals surface area (Å²) >= 11 is 0. The van der Waals surface area contributed by atoms with Gasteiger partial charge in [0.25, 0.3) is 6.43 Å². The molecule has 1 rings (SSSR count). The minimum Gasteiger partial charge on any atom is -0.398 e. The van der Waals surface area contributed by atoms with Crippen LogP contribution in [0.3, 0.4) is 0 Å². The van der Waals surface area contributed by atoms with Crippen molar-refractivity contribution in [3.8, 4) is 6.07 Å². The second kappa shape index (κ2) is 3.92. The molecule has 0 unspecified atom stereocenters. The molecule has 0 saturated carbocycles. The molecule has 8 heteroatoms. The molecule has 0 aliphatic carbocycles.